The molecular weight excluding hydrogens is 394 g/mol. The van der Waals surface area contributed by atoms with Gasteiger partial charge in [-0.3, -0.25) is 14.7 Å². The Bertz CT molecular complexity index is 830. The van der Waals surface area contributed by atoms with Crippen LogP contribution in [0.5, 0.6) is 5.75 Å². The Kier molecular flexibility index (Phi) is 5.04. The molecule has 1 aromatic carbocycles. The van der Waals surface area contributed by atoms with Gasteiger partial charge in [-0.15, -0.1) is 0 Å². The minimum absolute atomic E-state index is 0.0770. The van der Waals surface area contributed by atoms with E-state index >= 15 is 0 Å². The second-order valence-electron chi connectivity index (χ2n) is 6.53. The van der Waals surface area contributed by atoms with E-state index in [1.54, 1.807) is 0 Å². The van der Waals surface area contributed by atoms with Gasteiger partial charge in [-0.2, -0.15) is 0 Å². The van der Waals surface area contributed by atoms with E-state index in [4.69, 9.17) is 4.74 Å². The Morgan fingerprint density at radius 3 is 2.77 bits per heavy atom. The van der Waals surface area contributed by atoms with E-state index < -0.39 is 0 Å². The summed E-state index contributed by atoms with van der Waals surface area (Å²) >= 11 is 3.47. The van der Waals surface area contributed by atoms with Gasteiger partial charge in [-0.1, -0.05) is 22.0 Å². The molecule has 0 spiro atoms. The fourth-order valence-electron chi connectivity index (χ4n) is 3.30. The highest BCUT2D eigenvalue weighted by atomic mass is 79.9. The summed E-state index contributed by atoms with van der Waals surface area (Å²) in [6.07, 6.45) is 3.77. The number of pyridine rings is 1. The number of nitrogens with zero attached hydrogens (tertiary/aromatic N) is 3. The monoisotopic (exact) mass is 413 g/mol. The second-order valence-corrected chi connectivity index (χ2v) is 7.45. The van der Waals surface area contributed by atoms with Crippen LogP contribution in [-0.2, 0) is 11.3 Å². The molecule has 26 heavy (non-hydrogen) atoms. The molecule has 4 rings (SSSR count). The van der Waals surface area contributed by atoms with Crippen LogP contribution in [-0.4, -0.2) is 53.5 Å². The molecule has 0 bridgehead atoms. The van der Waals surface area contributed by atoms with Crippen molar-refractivity contribution in [3.63, 3.8) is 0 Å². The number of hydrogen-bond acceptors (Lipinski definition) is 4. The van der Waals surface area contributed by atoms with Crippen LogP contribution in [0.15, 0.2) is 52.6 Å². The predicted octanol–water partition coefficient (Wildman–Crippen LogP) is 2.96. The van der Waals surface area contributed by atoms with Gasteiger partial charge < -0.3 is 9.64 Å². The Morgan fingerprint density at radius 2 is 2.00 bits per heavy atom. The smallest absolute Gasteiger partial charge is 0.253 e. The normalized spacial score (nSPS) is 17.3. The van der Waals surface area contributed by atoms with Gasteiger partial charge in [0.1, 0.15) is 12.4 Å². The van der Waals surface area contributed by atoms with Gasteiger partial charge >= 0.3 is 0 Å². The minimum Gasteiger partial charge on any atom is -0.488 e. The van der Waals surface area contributed by atoms with Crippen LogP contribution in [0.3, 0.4) is 0 Å². The van der Waals surface area contributed by atoms with Gasteiger partial charge in [-0.25, -0.2) is 0 Å². The Morgan fingerprint density at radius 1 is 1.15 bits per heavy atom. The molecule has 2 aliphatic heterocycles. The first-order chi connectivity index (χ1) is 12.7. The molecule has 6 heteroatoms. The lowest BCUT2D eigenvalue weighted by molar-refractivity contribution is -0.129. The molecule has 3 heterocycles. The van der Waals surface area contributed by atoms with Crippen LogP contribution in [0.4, 0.5) is 0 Å². The first-order valence-electron chi connectivity index (χ1n) is 8.73. The minimum atomic E-state index is 0.0770. The van der Waals surface area contributed by atoms with Crippen LogP contribution in [0.25, 0.3) is 6.08 Å². The third-order valence-electron chi connectivity index (χ3n) is 4.73. The number of hydrogen-bond donors (Lipinski definition) is 0. The van der Waals surface area contributed by atoms with Gasteiger partial charge in [0.25, 0.3) is 5.91 Å². The zero-order chi connectivity index (χ0) is 17.9. The predicted molar refractivity (Wildman–Crippen MR) is 104 cm³/mol. The average Bonchev–Trinajstić information content (AvgIpc) is 2.68. The SMILES string of the molecule is O=C(C1=Cc2cc(Br)ccc2OC1)N1CCN(Cc2ccccn2)CC1. The quantitative estimate of drug-likeness (QED) is 0.775. The molecule has 2 aliphatic rings. The number of halogens is 1. The van der Waals surface area contributed by atoms with Gasteiger partial charge in [0.05, 0.1) is 11.3 Å². The van der Waals surface area contributed by atoms with Crippen molar-refractivity contribution in [2.75, 3.05) is 32.8 Å². The van der Waals surface area contributed by atoms with Crippen LogP contribution < -0.4 is 4.74 Å². The summed E-state index contributed by atoms with van der Waals surface area (Å²) in [6.45, 7) is 4.34. The van der Waals surface area contributed by atoms with Crippen LogP contribution >= 0.6 is 15.9 Å². The molecule has 0 atom stereocenters. The lowest BCUT2D eigenvalue weighted by atomic mass is 10.1. The van der Waals surface area contributed by atoms with E-state index in [0.717, 1.165) is 54.2 Å². The summed E-state index contributed by atoms with van der Waals surface area (Å²) in [4.78, 5) is 21.5. The summed E-state index contributed by atoms with van der Waals surface area (Å²) in [5, 5.41) is 0. The van der Waals surface area contributed by atoms with Gasteiger partial charge in [0.15, 0.2) is 0 Å². The molecular formula is C20H20BrN3O2. The van der Waals surface area contributed by atoms with Crippen molar-refractivity contribution in [3.05, 3.63) is 63.9 Å². The highest BCUT2D eigenvalue weighted by molar-refractivity contribution is 9.10. The summed E-state index contributed by atoms with van der Waals surface area (Å²) in [6, 6.07) is 11.8. The third kappa shape index (κ3) is 3.81. The van der Waals surface area contributed by atoms with Crippen LogP contribution in [0, 0.1) is 0 Å². The molecule has 0 radical (unpaired) electrons. The van der Waals surface area contributed by atoms with Crippen LogP contribution in [0.1, 0.15) is 11.3 Å². The van der Waals surface area contributed by atoms with E-state index in [9.17, 15) is 4.79 Å². The van der Waals surface area contributed by atoms with Crippen molar-refractivity contribution in [1.29, 1.82) is 0 Å². The molecule has 0 aliphatic carbocycles. The number of carbonyl (C=O) groups excluding carboxylic acids is 1. The molecule has 0 N–H and O–H groups in total. The summed E-state index contributed by atoms with van der Waals surface area (Å²) < 4.78 is 6.73. The summed E-state index contributed by atoms with van der Waals surface area (Å²) in [7, 11) is 0. The Hall–Kier alpha value is -2.18. The van der Waals surface area contributed by atoms with Gasteiger partial charge in [-0.05, 0) is 36.4 Å². The number of benzene rings is 1. The maximum absolute atomic E-state index is 12.8. The number of carbonyl (C=O) groups is 1. The molecule has 134 valence electrons. The maximum Gasteiger partial charge on any atom is 0.253 e. The number of piperazine rings is 1. The lowest BCUT2D eigenvalue weighted by Crippen LogP contribution is -2.49. The van der Waals surface area contributed by atoms with Gasteiger partial charge in [0, 0.05) is 49.0 Å². The molecule has 1 aromatic heterocycles. The second kappa shape index (κ2) is 7.60. The number of ether oxygens (including phenoxy) is 1. The van der Waals surface area contributed by atoms with E-state index in [-0.39, 0.29) is 5.91 Å². The van der Waals surface area contributed by atoms with E-state index in [2.05, 4.69) is 25.8 Å². The zero-order valence-corrected chi connectivity index (χ0v) is 16.0. The summed E-state index contributed by atoms with van der Waals surface area (Å²) in [5.41, 5.74) is 2.73. The number of aromatic nitrogens is 1. The van der Waals surface area contributed by atoms with Crippen molar-refractivity contribution in [1.82, 2.24) is 14.8 Å². The standard InChI is InChI=1S/C20H20BrN3O2/c21-17-4-5-19-15(12-17)11-16(14-26-19)20(25)24-9-7-23(8-10-24)13-18-3-1-2-6-22-18/h1-6,11-12H,7-10,13-14H2. The van der Waals surface area contributed by atoms with Crippen molar-refractivity contribution in [2.45, 2.75) is 6.54 Å². The molecule has 1 amide bonds. The number of rotatable bonds is 3. The van der Waals surface area contributed by atoms with E-state index in [0.29, 0.717) is 12.2 Å². The summed E-state index contributed by atoms with van der Waals surface area (Å²) in [5.74, 6) is 0.901. The first-order valence-corrected chi connectivity index (χ1v) is 9.53. The first kappa shape index (κ1) is 17.2. The topological polar surface area (TPSA) is 45.7 Å². The molecule has 1 saturated heterocycles. The van der Waals surface area contributed by atoms with E-state index in [1.165, 1.54) is 0 Å². The zero-order valence-electron chi connectivity index (χ0n) is 14.4. The molecule has 0 unspecified atom stereocenters. The van der Waals surface area contributed by atoms with Crippen molar-refractivity contribution < 1.29 is 9.53 Å². The molecule has 1 fully saturated rings. The lowest BCUT2D eigenvalue weighted by Gasteiger charge is -2.35. The largest absolute Gasteiger partial charge is 0.488 e. The molecule has 2 aromatic rings. The highest BCUT2D eigenvalue weighted by Gasteiger charge is 2.26. The number of amides is 1. The van der Waals surface area contributed by atoms with Gasteiger partial charge in [0.2, 0.25) is 0 Å². The fraction of sp³-hybridized carbons (Fsp3) is 0.300. The number of fused-ring (bicyclic) bond motifs is 1. The Balaban J connectivity index is 1.38. The molecule has 5 nitrogen and oxygen atoms in total. The Labute approximate surface area is 161 Å². The van der Waals surface area contributed by atoms with E-state index in [1.807, 2.05) is 53.6 Å². The fourth-order valence-corrected chi connectivity index (χ4v) is 3.68. The average molecular weight is 414 g/mol. The van der Waals surface area contributed by atoms with Crippen molar-refractivity contribution >= 4 is 27.9 Å². The van der Waals surface area contributed by atoms with Crippen molar-refractivity contribution in [3.8, 4) is 5.75 Å². The molecule has 0 saturated carbocycles. The maximum atomic E-state index is 12.8. The van der Waals surface area contributed by atoms with Crippen molar-refractivity contribution in [2.24, 2.45) is 0 Å². The highest BCUT2D eigenvalue weighted by Crippen LogP contribution is 2.29. The van der Waals surface area contributed by atoms with Crippen LogP contribution in [0.2, 0.25) is 0 Å². The third-order valence-corrected chi connectivity index (χ3v) is 5.22.